The zero-order valence-corrected chi connectivity index (χ0v) is 16.5. The average Bonchev–Trinajstić information content (AvgIpc) is 3.38. The van der Waals surface area contributed by atoms with Gasteiger partial charge in [-0.25, -0.2) is 0 Å². The van der Waals surface area contributed by atoms with Crippen LogP contribution in [0.2, 0.25) is 0 Å². The molecule has 30 heavy (non-hydrogen) atoms. The number of phenols is 2. The van der Waals surface area contributed by atoms with Crippen molar-refractivity contribution in [3.8, 4) is 17.3 Å². The molecule has 4 heterocycles. The maximum absolute atomic E-state index is 12.5. The predicted molar refractivity (Wildman–Crippen MR) is 110 cm³/mol. The van der Waals surface area contributed by atoms with Crippen LogP contribution >= 0.6 is 0 Å². The highest BCUT2D eigenvalue weighted by atomic mass is 16.3. The fraction of sp³-hybridized carbons (Fsp3) is 0.333. The van der Waals surface area contributed by atoms with Gasteiger partial charge in [0.05, 0.1) is 5.69 Å². The Balaban J connectivity index is 1.55. The van der Waals surface area contributed by atoms with E-state index in [9.17, 15) is 15.0 Å². The Morgan fingerprint density at radius 3 is 2.47 bits per heavy atom. The second-order valence-electron chi connectivity index (χ2n) is 7.76. The number of phenolic OH excluding ortho intramolecular Hbond substituents is 2. The van der Waals surface area contributed by atoms with Gasteiger partial charge in [-0.05, 0) is 49.6 Å². The number of carbonyl (C=O) groups is 1. The fourth-order valence-electron chi connectivity index (χ4n) is 4.30. The Bertz CT molecular complexity index is 1120. The van der Waals surface area contributed by atoms with E-state index in [-0.39, 0.29) is 29.7 Å². The number of nitrogens with one attached hydrogen (secondary N) is 1. The van der Waals surface area contributed by atoms with Gasteiger partial charge in [-0.15, -0.1) is 10.2 Å². The lowest BCUT2D eigenvalue weighted by Gasteiger charge is -2.24. The number of amides is 1. The highest BCUT2D eigenvalue weighted by molar-refractivity contribution is 5.95. The first kappa shape index (κ1) is 18.4. The first-order chi connectivity index (χ1) is 14.5. The molecule has 5 rings (SSSR count). The summed E-state index contributed by atoms with van der Waals surface area (Å²) in [6.45, 7) is 3.86. The normalized spacial score (nSPS) is 18.4. The van der Waals surface area contributed by atoms with Gasteiger partial charge in [-0.2, -0.15) is 9.78 Å². The molecule has 1 atom stereocenters. The summed E-state index contributed by atoms with van der Waals surface area (Å²) in [4.78, 5) is 14.7. The van der Waals surface area contributed by atoms with Crippen LogP contribution in [0.3, 0.4) is 0 Å². The number of fused-ring (bicyclic) bond motifs is 1. The second kappa shape index (κ2) is 7.01. The lowest BCUT2D eigenvalue weighted by molar-refractivity contribution is -0.116. The van der Waals surface area contributed by atoms with Gasteiger partial charge in [-0.3, -0.25) is 4.79 Å². The van der Waals surface area contributed by atoms with E-state index in [0.717, 1.165) is 48.6 Å². The molecular weight excluding hydrogens is 384 g/mol. The molecule has 0 bridgehead atoms. The standard InChI is InChI=1S/C21H22N6O3/c1-12-20-14(13-4-5-15(28)16(29)10-13)11-19(30)22-21(20)27(25-12)18-7-6-17(23-24-18)26-8-2-3-9-26/h4-7,10,14,28-29H,2-3,8-9,11H2,1H3,(H,22,30)/t14-/m1/s1. The minimum Gasteiger partial charge on any atom is -0.504 e. The molecule has 154 valence electrons. The van der Waals surface area contributed by atoms with Crippen molar-refractivity contribution in [1.82, 2.24) is 20.0 Å². The van der Waals surface area contributed by atoms with E-state index in [4.69, 9.17) is 0 Å². The third-order valence-corrected chi connectivity index (χ3v) is 5.79. The predicted octanol–water partition coefficient (Wildman–Crippen LogP) is 2.46. The lowest BCUT2D eigenvalue weighted by atomic mass is 9.85. The van der Waals surface area contributed by atoms with E-state index in [1.165, 1.54) is 12.1 Å². The second-order valence-corrected chi connectivity index (χ2v) is 7.76. The van der Waals surface area contributed by atoms with Gasteiger partial charge in [0.25, 0.3) is 0 Å². The monoisotopic (exact) mass is 406 g/mol. The van der Waals surface area contributed by atoms with E-state index in [1.807, 2.05) is 19.1 Å². The molecule has 1 aromatic carbocycles. The molecule has 0 unspecified atom stereocenters. The van der Waals surface area contributed by atoms with E-state index >= 15 is 0 Å². The first-order valence-corrected chi connectivity index (χ1v) is 10.0. The van der Waals surface area contributed by atoms with Crippen LogP contribution < -0.4 is 10.2 Å². The van der Waals surface area contributed by atoms with Crippen molar-refractivity contribution in [2.75, 3.05) is 23.3 Å². The van der Waals surface area contributed by atoms with E-state index in [0.29, 0.717) is 11.6 Å². The molecule has 2 aliphatic heterocycles. The summed E-state index contributed by atoms with van der Waals surface area (Å²) >= 11 is 0. The molecular formula is C21H22N6O3. The van der Waals surface area contributed by atoms with Crippen molar-refractivity contribution in [2.45, 2.75) is 32.1 Å². The van der Waals surface area contributed by atoms with E-state index in [2.05, 4.69) is 25.5 Å². The van der Waals surface area contributed by atoms with Gasteiger partial charge in [0, 0.05) is 31.0 Å². The fourth-order valence-corrected chi connectivity index (χ4v) is 4.30. The largest absolute Gasteiger partial charge is 0.504 e. The van der Waals surface area contributed by atoms with Gasteiger partial charge in [0.1, 0.15) is 5.82 Å². The number of rotatable bonds is 3. The molecule has 2 aliphatic rings. The van der Waals surface area contributed by atoms with Crippen LogP contribution in [0.1, 0.15) is 42.0 Å². The summed E-state index contributed by atoms with van der Waals surface area (Å²) in [5.74, 6) is 1.08. The molecule has 1 saturated heterocycles. The zero-order valence-electron chi connectivity index (χ0n) is 16.5. The molecule has 0 spiro atoms. The van der Waals surface area contributed by atoms with Crippen molar-refractivity contribution < 1.29 is 15.0 Å². The smallest absolute Gasteiger partial charge is 0.226 e. The summed E-state index contributed by atoms with van der Waals surface area (Å²) in [5, 5.41) is 35.8. The third-order valence-electron chi connectivity index (χ3n) is 5.79. The number of aromatic hydroxyl groups is 2. The molecule has 0 aliphatic carbocycles. The highest BCUT2D eigenvalue weighted by Gasteiger charge is 2.33. The third kappa shape index (κ3) is 3.02. The molecule has 0 saturated carbocycles. The van der Waals surface area contributed by atoms with E-state index in [1.54, 1.807) is 10.7 Å². The highest BCUT2D eigenvalue weighted by Crippen LogP contribution is 2.41. The molecule has 9 nitrogen and oxygen atoms in total. The average molecular weight is 406 g/mol. The Morgan fingerprint density at radius 2 is 1.77 bits per heavy atom. The summed E-state index contributed by atoms with van der Waals surface area (Å²) in [5.41, 5.74) is 2.36. The quantitative estimate of drug-likeness (QED) is 0.572. The van der Waals surface area contributed by atoms with Crippen LogP contribution in [0.5, 0.6) is 11.5 Å². The van der Waals surface area contributed by atoms with Crippen LogP contribution in [0.25, 0.3) is 5.82 Å². The minimum atomic E-state index is -0.286. The van der Waals surface area contributed by atoms with Crippen molar-refractivity contribution >= 4 is 17.5 Å². The van der Waals surface area contributed by atoms with Gasteiger partial charge < -0.3 is 20.4 Å². The molecule has 9 heteroatoms. The number of anilines is 2. The SMILES string of the molecule is Cc1nn(-c2ccc(N3CCCC3)nn2)c2c1[C@@H](c1ccc(O)c(O)c1)CC(=O)N2. The van der Waals surface area contributed by atoms with Crippen molar-refractivity contribution in [1.29, 1.82) is 0 Å². The Morgan fingerprint density at radius 1 is 1.03 bits per heavy atom. The van der Waals surface area contributed by atoms with Crippen LogP contribution in [0, 0.1) is 6.92 Å². The number of hydrogen-bond acceptors (Lipinski definition) is 7. The molecule has 1 fully saturated rings. The zero-order chi connectivity index (χ0) is 20.8. The van der Waals surface area contributed by atoms with Gasteiger partial charge in [-0.1, -0.05) is 6.07 Å². The first-order valence-electron chi connectivity index (χ1n) is 10.0. The van der Waals surface area contributed by atoms with Crippen molar-refractivity contribution in [3.63, 3.8) is 0 Å². The molecule has 0 radical (unpaired) electrons. The topological polar surface area (TPSA) is 116 Å². The van der Waals surface area contributed by atoms with Crippen LogP contribution in [0.4, 0.5) is 11.6 Å². The number of nitrogens with zero attached hydrogens (tertiary/aromatic N) is 5. The maximum Gasteiger partial charge on any atom is 0.226 e. The molecule has 2 aromatic heterocycles. The Kier molecular flexibility index (Phi) is 4.30. The molecule has 1 amide bonds. The summed E-state index contributed by atoms with van der Waals surface area (Å²) in [6, 6.07) is 8.42. The number of carbonyl (C=O) groups excluding carboxylic acids is 1. The van der Waals surface area contributed by atoms with Gasteiger partial charge >= 0.3 is 0 Å². The summed E-state index contributed by atoms with van der Waals surface area (Å²) in [7, 11) is 0. The maximum atomic E-state index is 12.5. The summed E-state index contributed by atoms with van der Waals surface area (Å²) < 4.78 is 1.61. The summed E-state index contributed by atoms with van der Waals surface area (Å²) in [6.07, 6.45) is 2.55. The van der Waals surface area contributed by atoms with Crippen LogP contribution in [0.15, 0.2) is 30.3 Å². The Labute approximate surface area is 173 Å². The number of aryl methyl sites for hydroxylation is 1. The Hall–Kier alpha value is -3.62. The molecule has 3 aromatic rings. The van der Waals surface area contributed by atoms with Crippen molar-refractivity contribution in [3.05, 3.63) is 47.2 Å². The van der Waals surface area contributed by atoms with Crippen LogP contribution in [-0.4, -0.2) is 49.2 Å². The van der Waals surface area contributed by atoms with Gasteiger partial charge in [0.2, 0.25) is 5.91 Å². The molecule has 3 N–H and O–H groups in total. The lowest BCUT2D eigenvalue weighted by Crippen LogP contribution is -2.25. The number of aromatic nitrogens is 4. The van der Waals surface area contributed by atoms with Crippen molar-refractivity contribution in [2.24, 2.45) is 0 Å². The number of benzene rings is 1. The van der Waals surface area contributed by atoms with Gasteiger partial charge in [0.15, 0.2) is 23.1 Å². The van der Waals surface area contributed by atoms with Crippen LogP contribution in [-0.2, 0) is 4.79 Å². The minimum absolute atomic E-state index is 0.150. The number of hydrogen-bond donors (Lipinski definition) is 3. The van der Waals surface area contributed by atoms with E-state index < -0.39 is 0 Å².